The van der Waals surface area contributed by atoms with E-state index in [1.807, 2.05) is 34.9 Å². The van der Waals surface area contributed by atoms with Crippen LogP contribution in [0.3, 0.4) is 0 Å². The molecule has 0 aliphatic heterocycles. The molecule has 2 unspecified atom stereocenters. The molecule has 1 aliphatic rings. The summed E-state index contributed by atoms with van der Waals surface area (Å²) >= 11 is 0. The first-order valence-electron chi connectivity index (χ1n) is 7.12. The Morgan fingerprint density at radius 3 is 2.86 bits per heavy atom. The van der Waals surface area contributed by atoms with Gasteiger partial charge in [-0.3, -0.25) is 4.40 Å². The van der Waals surface area contributed by atoms with Gasteiger partial charge in [-0.2, -0.15) is 0 Å². The van der Waals surface area contributed by atoms with E-state index in [0.29, 0.717) is 0 Å². The predicted octanol–water partition coefficient (Wildman–Crippen LogP) is 2.64. The summed E-state index contributed by atoms with van der Waals surface area (Å²) in [7, 11) is 0. The highest BCUT2D eigenvalue weighted by Crippen LogP contribution is 2.37. The maximum Gasteiger partial charge on any atom is 0.160 e. The summed E-state index contributed by atoms with van der Waals surface area (Å²) in [4.78, 5) is 0. The third-order valence-corrected chi connectivity index (χ3v) is 4.02. The van der Waals surface area contributed by atoms with E-state index in [2.05, 4.69) is 22.3 Å². The highest BCUT2D eigenvalue weighted by atomic mass is 16.5. The van der Waals surface area contributed by atoms with Gasteiger partial charge in [0, 0.05) is 6.04 Å². The van der Waals surface area contributed by atoms with Crippen molar-refractivity contribution in [1.82, 2.24) is 14.6 Å². The maximum atomic E-state index is 6.19. The van der Waals surface area contributed by atoms with Gasteiger partial charge in [0.25, 0.3) is 0 Å². The lowest BCUT2D eigenvalue weighted by Gasteiger charge is -2.29. The Bertz CT molecular complexity index is 783. The number of aromatic nitrogens is 3. The van der Waals surface area contributed by atoms with E-state index < -0.39 is 0 Å². The van der Waals surface area contributed by atoms with Gasteiger partial charge in [0.05, 0.1) is 6.20 Å². The van der Waals surface area contributed by atoms with E-state index in [4.69, 9.17) is 10.5 Å². The molecule has 3 aromatic rings. The molecule has 5 heteroatoms. The number of nitrogens with two attached hydrogens (primary N) is 1. The van der Waals surface area contributed by atoms with Crippen molar-refractivity contribution in [2.75, 3.05) is 0 Å². The van der Waals surface area contributed by atoms with Crippen LogP contribution in [0.2, 0.25) is 0 Å². The Labute approximate surface area is 122 Å². The minimum atomic E-state index is 0.0509. The van der Waals surface area contributed by atoms with E-state index >= 15 is 0 Å². The van der Waals surface area contributed by atoms with Crippen molar-refractivity contribution >= 4 is 5.65 Å². The second-order valence-corrected chi connectivity index (χ2v) is 5.38. The van der Waals surface area contributed by atoms with Crippen molar-refractivity contribution < 1.29 is 4.74 Å². The van der Waals surface area contributed by atoms with Gasteiger partial charge in [-0.15, -0.1) is 10.2 Å². The van der Waals surface area contributed by atoms with E-state index in [-0.39, 0.29) is 12.1 Å². The van der Waals surface area contributed by atoms with Crippen molar-refractivity contribution in [3.8, 4) is 5.75 Å². The average molecular weight is 280 g/mol. The van der Waals surface area contributed by atoms with Crippen LogP contribution in [0.4, 0.5) is 0 Å². The van der Waals surface area contributed by atoms with Gasteiger partial charge in [-0.25, -0.2) is 0 Å². The van der Waals surface area contributed by atoms with E-state index in [1.54, 1.807) is 6.33 Å². The fraction of sp³-hybridized carbons (Fsp3) is 0.250. The Balaban J connectivity index is 1.66. The highest BCUT2D eigenvalue weighted by Gasteiger charge is 2.26. The lowest BCUT2D eigenvalue weighted by Crippen LogP contribution is -2.23. The molecule has 0 bridgehead atoms. The summed E-state index contributed by atoms with van der Waals surface area (Å²) in [6, 6.07) is 12.2. The first kappa shape index (κ1) is 12.3. The number of rotatable bonds is 2. The predicted molar refractivity (Wildman–Crippen MR) is 79.0 cm³/mol. The summed E-state index contributed by atoms with van der Waals surface area (Å²) in [6.45, 7) is 0. The highest BCUT2D eigenvalue weighted by molar-refractivity contribution is 5.40. The first-order chi connectivity index (χ1) is 10.3. The zero-order valence-corrected chi connectivity index (χ0v) is 11.5. The van der Waals surface area contributed by atoms with Crippen molar-refractivity contribution in [1.29, 1.82) is 0 Å². The monoisotopic (exact) mass is 280 g/mol. The zero-order chi connectivity index (χ0) is 14.2. The third kappa shape index (κ3) is 2.15. The number of nitrogens with zero attached hydrogens (tertiary/aromatic N) is 3. The van der Waals surface area contributed by atoms with Crippen molar-refractivity contribution in [3.05, 3.63) is 60.0 Å². The molecule has 2 atom stereocenters. The largest absolute Gasteiger partial charge is 0.484 e. The molecular formula is C16H16N4O. The van der Waals surface area contributed by atoms with Crippen LogP contribution in [0.25, 0.3) is 5.65 Å². The van der Waals surface area contributed by atoms with E-state index in [0.717, 1.165) is 24.2 Å². The van der Waals surface area contributed by atoms with Crippen molar-refractivity contribution in [2.24, 2.45) is 5.73 Å². The first-order valence-corrected chi connectivity index (χ1v) is 7.12. The van der Waals surface area contributed by atoms with Crippen LogP contribution in [-0.2, 0) is 0 Å². The van der Waals surface area contributed by atoms with Crippen LogP contribution in [0.1, 0.15) is 36.1 Å². The van der Waals surface area contributed by atoms with Crippen LogP contribution in [0, 0.1) is 0 Å². The number of pyridine rings is 1. The summed E-state index contributed by atoms with van der Waals surface area (Å²) in [5, 5.41) is 7.87. The van der Waals surface area contributed by atoms with Gasteiger partial charge in [0.15, 0.2) is 5.65 Å². The van der Waals surface area contributed by atoms with Gasteiger partial charge >= 0.3 is 0 Å². The zero-order valence-electron chi connectivity index (χ0n) is 11.5. The molecule has 106 valence electrons. The van der Waals surface area contributed by atoms with E-state index in [1.165, 1.54) is 11.1 Å². The molecule has 5 nitrogen and oxygen atoms in total. The number of hydrogen-bond acceptors (Lipinski definition) is 4. The summed E-state index contributed by atoms with van der Waals surface area (Å²) in [5.74, 6) is 0.817. The number of fused-ring (bicyclic) bond motifs is 2. The second-order valence-electron chi connectivity index (χ2n) is 5.38. The SMILES string of the molecule is NC1CCC(Oc2ccc3nncn3c2)c2ccccc21. The minimum Gasteiger partial charge on any atom is -0.484 e. The fourth-order valence-electron chi connectivity index (χ4n) is 2.95. The maximum absolute atomic E-state index is 6.19. The average Bonchev–Trinajstić information content (AvgIpc) is 2.98. The van der Waals surface area contributed by atoms with Gasteiger partial charge in [0.2, 0.25) is 0 Å². The molecule has 1 aromatic carbocycles. The molecule has 2 heterocycles. The molecule has 0 amide bonds. The van der Waals surface area contributed by atoms with Crippen LogP contribution in [0.5, 0.6) is 5.75 Å². The quantitative estimate of drug-likeness (QED) is 0.783. The molecule has 0 fully saturated rings. The van der Waals surface area contributed by atoms with Gasteiger partial charge in [-0.05, 0) is 36.1 Å². The normalized spacial score (nSPS) is 21.2. The lowest BCUT2D eigenvalue weighted by atomic mass is 9.86. The fourth-order valence-corrected chi connectivity index (χ4v) is 2.95. The molecule has 2 N–H and O–H groups in total. The van der Waals surface area contributed by atoms with Crippen LogP contribution < -0.4 is 10.5 Å². The molecule has 1 aliphatic carbocycles. The Kier molecular flexibility index (Phi) is 2.86. The van der Waals surface area contributed by atoms with Gasteiger partial charge < -0.3 is 10.5 Å². The molecule has 4 rings (SSSR count). The van der Waals surface area contributed by atoms with Crippen LogP contribution >= 0.6 is 0 Å². The summed E-state index contributed by atoms with van der Waals surface area (Å²) in [6.07, 6.45) is 5.50. The van der Waals surface area contributed by atoms with Gasteiger partial charge in [0.1, 0.15) is 18.2 Å². The summed E-state index contributed by atoms with van der Waals surface area (Å²) < 4.78 is 8.03. The summed E-state index contributed by atoms with van der Waals surface area (Å²) in [5.41, 5.74) is 9.39. The number of ether oxygens (including phenoxy) is 1. The molecule has 0 spiro atoms. The van der Waals surface area contributed by atoms with Crippen molar-refractivity contribution in [3.63, 3.8) is 0 Å². The molecule has 0 radical (unpaired) electrons. The Morgan fingerprint density at radius 1 is 1.10 bits per heavy atom. The smallest absolute Gasteiger partial charge is 0.160 e. The molecular weight excluding hydrogens is 264 g/mol. The van der Waals surface area contributed by atoms with E-state index in [9.17, 15) is 0 Å². The van der Waals surface area contributed by atoms with Crippen LogP contribution in [-0.4, -0.2) is 14.6 Å². The van der Waals surface area contributed by atoms with Gasteiger partial charge in [-0.1, -0.05) is 24.3 Å². The molecule has 0 saturated heterocycles. The molecule has 0 saturated carbocycles. The van der Waals surface area contributed by atoms with Crippen LogP contribution in [0.15, 0.2) is 48.9 Å². The standard InChI is InChI=1S/C16H16N4O/c17-14-6-7-15(13-4-2-1-3-12(13)14)21-11-5-8-16-19-18-10-20(16)9-11/h1-5,8-10,14-15H,6-7,17H2. The Morgan fingerprint density at radius 2 is 1.95 bits per heavy atom. The lowest BCUT2D eigenvalue weighted by molar-refractivity contribution is 0.176. The van der Waals surface area contributed by atoms with Crippen molar-refractivity contribution in [2.45, 2.75) is 25.0 Å². The third-order valence-electron chi connectivity index (χ3n) is 4.02. The number of benzene rings is 1. The Hall–Kier alpha value is -2.40. The molecule has 2 aromatic heterocycles. The topological polar surface area (TPSA) is 65.4 Å². The molecule has 21 heavy (non-hydrogen) atoms. The minimum absolute atomic E-state index is 0.0509. The second kappa shape index (κ2) is 4.86. The number of hydrogen-bond donors (Lipinski definition) is 1.